The Bertz CT molecular complexity index is 798. The van der Waals surface area contributed by atoms with E-state index in [2.05, 4.69) is 4.72 Å². The number of nitrogens with one attached hydrogen (secondary N) is 1. The first-order valence-corrected chi connectivity index (χ1v) is 8.48. The Balaban J connectivity index is 2.39. The van der Waals surface area contributed by atoms with E-state index in [1.807, 2.05) is 13.8 Å². The van der Waals surface area contributed by atoms with Gasteiger partial charge in [0.05, 0.1) is 10.4 Å². The Morgan fingerprint density at radius 1 is 1.00 bits per heavy atom. The Kier molecular flexibility index (Phi) is 4.40. The van der Waals surface area contributed by atoms with Crippen molar-refractivity contribution in [1.82, 2.24) is 4.72 Å². The summed E-state index contributed by atoms with van der Waals surface area (Å²) in [5.41, 5.74) is 1.17. The topological polar surface area (TPSA) is 46.2 Å². The molecule has 5 heteroatoms. The summed E-state index contributed by atoms with van der Waals surface area (Å²) in [6, 6.07) is 11.1. The van der Waals surface area contributed by atoms with Gasteiger partial charge in [-0.1, -0.05) is 24.3 Å². The van der Waals surface area contributed by atoms with Gasteiger partial charge in [0.2, 0.25) is 10.0 Å². The molecule has 2 rings (SSSR count). The normalized spacial score (nSPS) is 12.4. The number of benzene rings is 2. The number of hydrogen-bond acceptors (Lipinski definition) is 2. The Labute approximate surface area is 131 Å². The van der Waals surface area contributed by atoms with Crippen molar-refractivity contribution in [2.75, 3.05) is 0 Å². The molecule has 0 spiro atoms. The molecular formula is C17H20FNO2S. The van der Waals surface area contributed by atoms with Crippen LogP contribution in [0, 0.1) is 19.7 Å². The van der Waals surface area contributed by atoms with Gasteiger partial charge in [-0.05, 0) is 57.0 Å². The minimum Gasteiger partial charge on any atom is -0.207 e. The summed E-state index contributed by atoms with van der Waals surface area (Å²) in [6.45, 7) is 7.06. The molecule has 0 heterocycles. The third-order valence-electron chi connectivity index (χ3n) is 3.73. The first kappa shape index (κ1) is 16.6. The minimum absolute atomic E-state index is 0.181. The molecule has 0 fully saturated rings. The van der Waals surface area contributed by atoms with Gasteiger partial charge < -0.3 is 0 Å². The Morgan fingerprint density at radius 3 is 2.23 bits per heavy atom. The predicted molar refractivity (Wildman–Crippen MR) is 85.7 cm³/mol. The van der Waals surface area contributed by atoms with Gasteiger partial charge in [0.1, 0.15) is 5.82 Å². The van der Waals surface area contributed by atoms with Gasteiger partial charge in [-0.15, -0.1) is 0 Å². The van der Waals surface area contributed by atoms with E-state index in [0.717, 1.165) is 11.1 Å². The van der Waals surface area contributed by atoms with E-state index in [-0.39, 0.29) is 4.90 Å². The van der Waals surface area contributed by atoms with Crippen molar-refractivity contribution in [3.8, 4) is 0 Å². The second-order valence-corrected chi connectivity index (χ2v) is 7.64. The van der Waals surface area contributed by atoms with Crippen LogP contribution in [0.1, 0.15) is 30.5 Å². The lowest BCUT2D eigenvalue weighted by molar-refractivity contribution is 0.447. The maximum atomic E-state index is 13.9. The van der Waals surface area contributed by atoms with E-state index in [1.165, 1.54) is 6.07 Å². The summed E-state index contributed by atoms with van der Waals surface area (Å²) in [5, 5.41) is 0. The molecule has 3 nitrogen and oxygen atoms in total. The molecule has 0 bridgehead atoms. The lowest BCUT2D eigenvalue weighted by atomic mass is 9.95. The van der Waals surface area contributed by atoms with Crippen LogP contribution in [0.3, 0.4) is 0 Å². The molecule has 0 aromatic heterocycles. The number of rotatable bonds is 4. The third kappa shape index (κ3) is 3.36. The van der Waals surface area contributed by atoms with Gasteiger partial charge in [-0.25, -0.2) is 17.5 Å². The van der Waals surface area contributed by atoms with Gasteiger partial charge >= 0.3 is 0 Å². The average Bonchev–Trinajstić information content (AvgIpc) is 2.40. The fourth-order valence-electron chi connectivity index (χ4n) is 2.30. The van der Waals surface area contributed by atoms with E-state index in [4.69, 9.17) is 0 Å². The molecule has 0 saturated heterocycles. The lowest BCUT2D eigenvalue weighted by Gasteiger charge is -2.27. The van der Waals surface area contributed by atoms with Crippen LogP contribution in [-0.4, -0.2) is 8.42 Å². The summed E-state index contributed by atoms with van der Waals surface area (Å²) in [4.78, 5) is 0.181. The molecule has 0 aliphatic carbocycles. The molecule has 0 unspecified atom stereocenters. The predicted octanol–water partition coefficient (Wildman–Crippen LogP) is 3.66. The Hall–Kier alpha value is -1.72. The van der Waals surface area contributed by atoms with Gasteiger partial charge in [0.25, 0.3) is 0 Å². The van der Waals surface area contributed by atoms with Crippen molar-refractivity contribution in [3.05, 3.63) is 65.0 Å². The van der Waals surface area contributed by atoms with E-state index < -0.39 is 21.4 Å². The van der Waals surface area contributed by atoms with Crippen LogP contribution in [0.25, 0.3) is 0 Å². The highest BCUT2D eigenvalue weighted by Crippen LogP contribution is 2.26. The van der Waals surface area contributed by atoms with E-state index in [9.17, 15) is 12.8 Å². The zero-order chi connectivity index (χ0) is 16.5. The summed E-state index contributed by atoms with van der Waals surface area (Å²) in [7, 11) is -3.74. The summed E-state index contributed by atoms with van der Waals surface area (Å²) < 4.78 is 41.7. The highest BCUT2D eigenvalue weighted by molar-refractivity contribution is 7.89. The monoisotopic (exact) mass is 321 g/mol. The number of halogens is 1. The van der Waals surface area contributed by atoms with Crippen LogP contribution in [0.4, 0.5) is 4.39 Å². The number of hydrogen-bond donors (Lipinski definition) is 1. The minimum atomic E-state index is -3.74. The summed E-state index contributed by atoms with van der Waals surface area (Å²) in [5.74, 6) is -0.435. The lowest BCUT2D eigenvalue weighted by Crippen LogP contribution is -2.41. The van der Waals surface area contributed by atoms with Crippen molar-refractivity contribution < 1.29 is 12.8 Å². The highest BCUT2D eigenvalue weighted by Gasteiger charge is 2.30. The molecule has 22 heavy (non-hydrogen) atoms. The van der Waals surface area contributed by atoms with E-state index >= 15 is 0 Å². The van der Waals surface area contributed by atoms with Crippen LogP contribution in [-0.2, 0) is 15.6 Å². The second-order valence-electron chi connectivity index (χ2n) is 5.96. The molecule has 0 radical (unpaired) electrons. The van der Waals surface area contributed by atoms with Crippen molar-refractivity contribution in [2.45, 2.75) is 38.1 Å². The maximum Gasteiger partial charge on any atom is 0.241 e. The van der Waals surface area contributed by atoms with Crippen molar-refractivity contribution >= 4 is 10.0 Å². The van der Waals surface area contributed by atoms with Crippen molar-refractivity contribution in [1.29, 1.82) is 0 Å². The third-order valence-corrected chi connectivity index (χ3v) is 5.38. The summed E-state index contributed by atoms with van der Waals surface area (Å²) in [6.07, 6.45) is 0. The van der Waals surface area contributed by atoms with E-state index in [1.54, 1.807) is 50.2 Å². The molecular weight excluding hydrogens is 301 g/mol. The molecule has 2 aromatic rings. The zero-order valence-electron chi connectivity index (χ0n) is 13.1. The smallest absolute Gasteiger partial charge is 0.207 e. The molecule has 0 aliphatic rings. The van der Waals surface area contributed by atoms with Crippen LogP contribution in [0.5, 0.6) is 0 Å². The molecule has 118 valence electrons. The fraction of sp³-hybridized carbons (Fsp3) is 0.294. The van der Waals surface area contributed by atoms with Crippen LogP contribution in [0.15, 0.2) is 47.4 Å². The van der Waals surface area contributed by atoms with Crippen LogP contribution < -0.4 is 4.72 Å². The fourth-order valence-corrected chi connectivity index (χ4v) is 3.78. The second kappa shape index (κ2) is 5.82. The molecule has 0 atom stereocenters. The average molecular weight is 321 g/mol. The Morgan fingerprint density at radius 2 is 1.64 bits per heavy atom. The maximum absolute atomic E-state index is 13.9. The highest BCUT2D eigenvalue weighted by atomic mass is 32.2. The quantitative estimate of drug-likeness (QED) is 0.934. The molecule has 0 amide bonds. The van der Waals surface area contributed by atoms with Crippen LogP contribution >= 0.6 is 0 Å². The first-order chi connectivity index (χ1) is 10.1. The van der Waals surface area contributed by atoms with Crippen molar-refractivity contribution in [3.63, 3.8) is 0 Å². The largest absolute Gasteiger partial charge is 0.241 e. The molecule has 1 N–H and O–H groups in total. The molecule has 2 aromatic carbocycles. The van der Waals surface area contributed by atoms with E-state index in [0.29, 0.717) is 5.56 Å². The van der Waals surface area contributed by atoms with Gasteiger partial charge in [-0.3, -0.25) is 0 Å². The standard InChI is InChI=1S/C17H20FNO2S/c1-12-9-10-14(11-13(12)2)22(20,21)19-17(3,4)15-7-5-6-8-16(15)18/h5-11,19H,1-4H3. The van der Waals surface area contributed by atoms with Gasteiger partial charge in [0, 0.05) is 5.56 Å². The zero-order valence-corrected chi connectivity index (χ0v) is 14.0. The van der Waals surface area contributed by atoms with Gasteiger partial charge in [-0.2, -0.15) is 0 Å². The SMILES string of the molecule is Cc1ccc(S(=O)(=O)NC(C)(C)c2ccccc2F)cc1C. The number of aryl methyl sites for hydroxylation is 2. The van der Waals surface area contributed by atoms with Crippen LogP contribution in [0.2, 0.25) is 0 Å². The van der Waals surface area contributed by atoms with Crippen molar-refractivity contribution in [2.24, 2.45) is 0 Å². The molecule has 0 aliphatic heterocycles. The first-order valence-electron chi connectivity index (χ1n) is 7.00. The molecule has 0 saturated carbocycles. The number of sulfonamides is 1. The summed E-state index contributed by atoms with van der Waals surface area (Å²) >= 11 is 0. The van der Waals surface area contributed by atoms with Gasteiger partial charge in [0.15, 0.2) is 0 Å².